The van der Waals surface area contributed by atoms with E-state index in [1.54, 1.807) is 14.1 Å². The second-order valence-corrected chi connectivity index (χ2v) is 7.57. The number of aromatic nitrogens is 1. The zero-order valence-corrected chi connectivity index (χ0v) is 18.1. The van der Waals surface area contributed by atoms with Crippen LogP contribution in [0.25, 0.3) is 0 Å². The Kier molecular flexibility index (Phi) is 7.65. The monoisotopic (exact) mass is 408 g/mol. The number of aliphatic imine (C=N–C) groups is 1. The molecule has 160 valence electrons. The van der Waals surface area contributed by atoms with Crippen LogP contribution in [-0.4, -0.2) is 56.6 Å². The first-order chi connectivity index (χ1) is 14.6. The molecule has 2 heterocycles. The number of hydrogen-bond acceptors (Lipinski definition) is 4. The molecule has 1 fully saturated rings. The van der Waals surface area contributed by atoms with Gasteiger partial charge in [-0.25, -0.2) is 4.98 Å². The summed E-state index contributed by atoms with van der Waals surface area (Å²) in [5, 5.41) is 9.59. The smallest absolute Gasteiger partial charge is 0.251 e. The number of rotatable bonds is 6. The van der Waals surface area contributed by atoms with Gasteiger partial charge in [0.2, 0.25) is 0 Å². The molecule has 1 aromatic carbocycles. The standard InChI is InChI=1S/C23H32N6O/c1-17-6-4-9-21(27-17)29-14-11-20(12-15-29)28-23(25-3)26-13-10-18-7-5-8-19(16-18)22(30)24-2/h4-9,16,20H,10-15H2,1-3H3,(H,24,30)(H2,25,26,28). The molecular formula is C23H32N6O. The van der Waals surface area contributed by atoms with Crippen molar-refractivity contribution in [3.63, 3.8) is 0 Å². The number of pyridine rings is 1. The molecule has 2 aromatic rings. The molecule has 0 bridgehead atoms. The van der Waals surface area contributed by atoms with E-state index in [1.807, 2.05) is 37.3 Å². The Morgan fingerprint density at radius 3 is 2.67 bits per heavy atom. The van der Waals surface area contributed by atoms with Gasteiger partial charge in [0.15, 0.2) is 5.96 Å². The number of nitrogens with one attached hydrogen (secondary N) is 3. The van der Waals surface area contributed by atoms with Crippen molar-refractivity contribution in [2.45, 2.75) is 32.2 Å². The van der Waals surface area contributed by atoms with E-state index in [-0.39, 0.29) is 5.91 Å². The maximum absolute atomic E-state index is 11.8. The van der Waals surface area contributed by atoms with Gasteiger partial charge in [0, 0.05) is 51.0 Å². The first kappa shape index (κ1) is 21.6. The van der Waals surface area contributed by atoms with Crippen molar-refractivity contribution in [2.75, 3.05) is 38.6 Å². The van der Waals surface area contributed by atoms with Crippen LogP contribution in [0.2, 0.25) is 0 Å². The Hall–Kier alpha value is -3.09. The van der Waals surface area contributed by atoms with E-state index in [4.69, 9.17) is 0 Å². The predicted octanol–water partition coefficient (Wildman–Crippen LogP) is 2.13. The number of carbonyl (C=O) groups excluding carboxylic acids is 1. The van der Waals surface area contributed by atoms with Gasteiger partial charge < -0.3 is 20.9 Å². The van der Waals surface area contributed by atoms with Gasteiger partial charge in [-0.05, 0) is 56.0 Å². The molecule has 1 aliphatic heterocycles. The fraction of sp³-hybridized carbons (Fsp3) is 0.435. The van der Waals surface area contributed by atoms with Gasteiger partial charge in [-0.3, -0.25) is 9.79 Å². The van der Waals surface area contributed by atoms with Crippen LogP contribution in [-0.2, 0) is 6.42 Å². The van der Waals surface area contributed by atoms with Crippen LogP contribution in [0, 0.1) is 6.92 Å². The molecule has 0 saturated carbocycles. The van der Waals surface area contributed by atoms with E-state index < -0.39 is 0 Å². The van der Waals surface area contributed by atoms with Gasteiger partial charge in [-0.2, -0.15) is 0 Å². The maximum Gasteiger partial charge on any atom is 0.251 e. The van der Waals surface area contributed by atoms with Crippen molar-refractivity contribution in [2.24, 2.45) is 4.99 Å². The first-order valence-electron chi connectivity index (χ1n) is 10.6. The van der Waals surface area contributed by atoms with Crippen molar-refractivity contribution < 1.29 is 4.79 Å². The zero-order chi connectivity index (χ0) is 21.3. The predicted molar refractivity (Wildman–Crippen MR) is 122 cm³/mol. The van der Waals surface area contributed by atoms with E-state index >= 15 is 0 Å². The van der Waals surface area contributed by atoms with Crippen molar-refractivity contribution in [3.8, 4) is 0 Å². The molecule has 1 aromatic heterocycles. The SMILES string of the molecule is CN=C(NCCc1cccc(C(=O)NC)c1)NC1CCN(c2cccc(C)n2)CC1. The third kappa shape index (κ3) is 5.95. The van der Waals surface area contributed by atoms with Gasteiger partial charge in [-0.1, -0.05) is 18.2 Å². The van der Waals surface area contributed by atoms with Crippen LogP contribution in [0.1, 0.15) is 34.5 Å². The number of hydrogen-bond donors (Lipinski definition) is 3. The van der Waals surface area contributed by atoms with Gasteiger partial charge in [0.1, 0.15) is 5.82 Å². The highest BCUT2D eigenvalue weighted by Crippen LogP contribution is 2.18. The Bertz CT molecular complexity index is 874. The molecule has 7 nitrogen and oxygen atoms in total. The summed E-state index contributed by atoms with van der Waals surface area (Å²) < 4.78 is 0. The van der Waals surface area contributed by atoms with E-state index in [2.05, 4.69) is 43.0 Å². The lowest BCUT2D eigenvalue weighted by atomic mass is 10.1. The molecule has 3 N–H and O–H groups in total. The largest absolute Gasteiger partial charge is 0.356 e. The number of nitrogens with zero attached hydrogens (tertiary/aromatic N) is 3. The van der Waals surface area contributed by atoms with Crippen molar-refractivity contribution in [3.05, 3.63) is 59.3 Å². The molecule has 1 amide bonds. The maximum atomic E-state index is 11.8. The van der Waals surface area contributed by atoms with Gasteiger partial charge in [0.05, 0.1) is 0 Å². The van der Waals surface area contributed by atoms with Gasteiger partial charge in [0.25, 0.3) is 5.91 Å². The summed E-state index contributed by atoms with van der Waals surface area (Å²) in [5.41, 5.74) is 2.86. The summed E-state index contributed by atoms with van der Waals surface area (Å²) in [5.74, 6) is 1.83. The van der Waals surface area contributed by atoms with Crippen LogP contribution in [0.5, 0.6) is 0 Å². The molecule has 30 heavy (non-hydrogen) atoms. The van der Waals surface area contributed by atoms with Crippen LogP contribution < -0.4 is 20.9 Å². The minimum absolute atomic E-state index is 0.0607. The van der Waals surface area contributed by atoms with E-state index in [1.165, 1.54) is 0 Å². The number of benzene rings is 1. The average molecular weight is 409 g/mol. The summed E-state index contributed by atoms with van der Waals surface area (Å²) in [6, 6.07) is 14.3. The zero-order valence-electron chi connectivity index (χ0n) is 18.1. The van der Waals surface area contributed by atoms with E-state index in [0.29, 0.717) is 11.6 Å². The van der Waals surface area contributed by atoms with Crippen LogP contribution >= 0.6 is 0 Å². The number of piperidine rings is 1. The van der Waals surface area contributed by atoms with Gasteiger partial charge >= 0.3 is 0 Å². The molecule has 1 saturated heterocycles. The number of guanidine groups is 1. The lowest BCUT2D eigenvalue weighted by Crippen LogP contribution is -2.49. The van der Waals surface area contributed by atoms with Crippen molar-refractivity contribution in [1.29, 1.82) is 0 Å². The fourth-order valence-electron chi connectivity index (χ4n) is 3.68. The third-order valence-electron chi connectivity index (χ3n) is 5.38. The third-order valence-corrected chi connectivity index (χ3v) is 5.38. The number of amides is 1. The van der Waals surface area contributed by atoms with Crippen molar-refractivity contribution >= 4 is 17.7 Å². The molecule has 1 aliphatic rings. The quantitative estimate of drug-likeness (QED) is 0.504. The lowest BCUT2D eigenvalue weighted by Gasteiger charge is -2.34. The molecule has 3 rings (SSSR count). The topological polar surface area (TPSA) is 81.6 Å². The highest BCUT2D eigenvalue weighted by atomic mass is 16.1. The van der Waals surface area contributed by atoms with Crippen LogP contribution in [0.3, 0.4) is 0 Å². The van der Waals surface area contributed by atoms with Crippen LogP contribution in [0.15, 0.2) is 47.5 Å². The Labute approximate surface area is 179 Å². The molecular weight excluding hydrogens is 376 g/mol. The number of carbonyl (C=O) groups is 1. The molecule has 0 unspecified atom stereocenters. The molecule has 0 spiro atoms. The normalized spacial score (nSPS) is 15.0. The van der Waals surface area contributed by atoms with Gasteiger partial charge in [-0.15, -0.1) is 0 Å². The molecule has 0 atom stereocenters. The number of anilines is 1. The van der Waals surface area contributed by atoms with E-state index in [0.717, 1.165) is 61.9 Å². The molecule has 7 heteroatoms. The minimum Gasteiger partial charge on any atom is -0.356 e. The minimum atomic E-state index is -0.0607. The molecule has 0 radical (unpaired) electrons. The second-order valence-electron chi connectivity index (χ2n) is 7.57. The second kappa shape index (κ2) is 10.6. The summed E-state index contributed by atoms with van der Waals surface area (Å²) in [4.78, 5) is 23.1. The molecule has 0 aliphatic carbocycles. The van der Waals surface area contributed by atoms with Crippen molar-refractivity contribution in [1.82, 2.24) is 20.9 Å². The van der Waals surface area contributed by atoms with E-state index in [9.17, 15) is 4.79 Å². The lowest BCUT2D eigenvalue weighted by molar-refractivity contribution is 0.0963. The number of aryl methyl sites for hydroxylation is 1. The summed E-state index contributed by atoms with van der Waals surface area (Å²) in [6.45, 7) is 4.75. The summed E-state index contributed by atoms with van der Waals surface area (Å²) in [6.07, 6.45) is 2.91. The Balaban J connectivity index is 1.44. The average Bonchev–Trinajstić information content (AvgIpc) is 2.78. The first-order valence-corrected chi connectivity index (χ1v) is 10.6. The summed E-state index contributed by atoms with van der Waals surface area (Å²) >= 11 is 0. The Morgan fingerprint density at radius 2 is 1.97 bits per heavy atom. The Morgan fingerprint density at radius 1 is 1.20 bits per heavy atom. The highest BCUT2D eigenvalue weighted by Gasteiger charge is 2.20. The fourth-order valence-corrected chi connectivity index (χ4v) is 3.68. The highest BCUT2D eigenvalue weighted by molar-refractivity contribution is 5.94. The summed E-state index contributed by atoms with van der Waals surface area (Å²) in [7, 11) is 3.45. The van der Waals surface area contributed by atoms with Crippen LogP contribution in [0.4, 0.5) is 5.82 Å².